The molecule has 0 unspecified atom stereocenters. The highest BCUT2D eigenvalue weighted by Crippen LogP contribution is 2.46. The number of hydrogen-bond donors (Lipinski definition) is 0. The Morgan fingerprint density at radius 1 is 0.286 bits per heavy atom. The predicted octanol–water partition coefficient (Wildman–Crippen LogP) is 13.7. The summed E-state index contributed by atoms with van der Waals surface area (Å²) in [5, 5.41) is 9.73. The van der Waals surface area contributed by atoms with Crippen LogP contribution in [0.5, 0.6) is 0 Å². The molecule has 1 heteroatoms. The maximum absolute atomic E-state index is 6.55. The second kappa shape index (κ2) is 11.1. The summed E-state index contributed by atoms with van der Waals surface area (Å²) in [5.74, 6) is 0. The van der Waals surface area contributed by atoms with E-state index in [2.05, 4.69) is 176 Å². The maximum atomic E-state index is 6.55. The number of rotatable bonds is 4. The van der Waals surface area contributed by atoms with Gasteiger partial charge in [-0.1, -0.05) is 152 Å². The lowest BCUT2D eigenvalue weighted by atomic mass is 9.84. The van der Waals surface area contributed by atoms with E-state index in [0.29, 0.717) is 0 Å². The summed E-state index contributed by atoms with van der Waals surface area (Å²) >= 11 is 0. The van der Waals surface area contributed by atoms with E-state index in [1.807, 2.05) is 6.07 Å². The van der Waals surface area contributed by atoms with Crippen molar-refractivity contribution in [2.75, 3.05) is 0 Å². The zero-order valence-corrected chi connectivity index (χ0v) is 26.7. The Morgan fingerprint density at radius 3 is 1.43 bits per heavy atom. The van der Waals surface area contributed by atoms with Crippen LogP contribution >= 0.6 is 0 Å². The fourth-order valence-corrected chi connectivity index (χ4v) is 7.86. The van der Waals surface area contributed by atoms with Crippen molar-refractivity contribution >= 4 is 54.3 Å². The van der Waals surface area contributed by atoms with E-state index in [-0.39, 0.29) is 0 Å². The van der Waals surface area contributed by atoms with E-state index in [0.717, 1.165) is 33.1 Å². The molecule has 10 aromatic rings. The number of furan rings is 1. The highest BCUT2D eigenvalue weighted by molar-refractivity contribution is 6.22. The van der Waals surface area contributed by atoms with Crippen molar-refractivity contribution in [3.63, 3.8) is 0 Å². The summed E-state index contributed by atoms with van der Waals surface area (Å²) in [6.07, 6.45) is 0. The summed E-state index contributed by atoms with van der Waals surface area (Å²) in [6, 6.07) is 65.8. The molecule has 0 atom stereocenters. The molecule has 1 heterocycles. The van der Waals surface area contributed by atoms with Crippen LogP contribution in [0.25, 0.3) is 98.8 Å². The topological polar surface area (TPSA) is 13.1 Å². The molecule has 0 bridgehead atoms. The van der Waals surface area contributed by atoms with Crippen LogP contribution in [-0.4, -0.2) is 0 Å². The van der Waals surface area contributed by atoms with Gasteiger partial charge in [0.05, 0.1) is 0 Å². The van der Waals surface area contributed by atoms with Gasteiger partial charge in [-0.2, -0.15) is 0 Å². The third-order valence-electron chi connectivity index (χ3n) is 10.0. The van der Waals surface area contributed by atoms with Crippen LogP contribution < -0.4 is 0 Å². The van der Waals surface area contributed by atoms with Crippen molar-refractivity contribution < 1.29 is 4.42 Å². The average Bonchev–Trinajstić information content (AvgIpc) is 3.55. The van der Waals surface area contributed by atoms with E-state index in [1.54, 1.807) is 0 Å². The Bertz CT molecular complexity index is 2800. The molecule has 0 aliphatic rings. The first-order valence-electron chi connectivity index (χ1n) is 16.8. The van der Waals surface area contributed by atoms with Crippen LogP contribution in [0.15, 0.2) is 186 Å². The van der Waals surface area contributed by atoms with E-state index in [9.17, 15) is 0 Å². The van der Waals surface area contributed by atoms with Gasteiger partial charge in [0.25, 0.3) is 0 Å². The molecule has 0 aliphatic carbocycles. The second-order valence-corrected chi connectivity index (χ2v) is 12.8. The minimum Gasteiger partial charge on any atom is -0.455 e. The van der Waals surface area contributed by atoms with Crippen LogP contribution in [0.3, 0.4) is 0 Å². The van der Waals surface area contributed by atoms with Gasteiger partial charge >= 0.3 is 0 Å². The molecule has 0 radical (unpaired) electrons. The summed E-state index contributed by atoms with van der Waals surface area (Å²) in [4.78, 5) is 0. The number of para-hydroxylation sites is 1. The van der Waals surface area contributed by atoms with Crippen molar-refractivity contribution in [2.24, 2.45) is 0 Å². The van der Waals surface area contributed by atoms with Crippen LogP contribution in [-0.2, 0) is 0 Å². The van der Waals surface area contributed by atoms with Crippen molar-refractivity contribution in [1.82, 2.24) is 0 Å². The number of benzene rings is 9. The lowest BCUT2D eigenvalue weighted by Crippen LogP contribution is -1.92. The lowest BCUT2D eigenvalue weighted by Gasteiger charge is -2.19. The minimum absolute atomic E-state index is 0.905. The molecular weight excluding hydrogens is 593 g/mol. The Kier molecular flexibility index (Phi) is 6.25. The zero-order chi connectivity index (χ0) is 32.3. The van der Waals surface area contributed by atoms with Crippen molar-refractivity contribution in [1.29, 1.82) is 0 Å². The average molecular weight is 623 g/mol. The molecule has 0 saturated carbocycles. The highest BCUT2D eigenvalue weighted by atomic mass is 16.3. The molecule has 228 valence electrons. The van der Waals surface area contributed by atoms with Crippen molar-refractivity contribution in [2.45, 2.75) is 0 Å². The largest absolute Gasteiger partial charge is 0.455 e. The number of hydrogen-bond acceptors (Lipinski definition) is 1. The molecule has 0 N–H and O–H groups in total. The van der Waals surface area contributed by atoms with Gasteiger partial charge in [-0.3, -0.25) is 0 Å². The summed E-state index contributed by atoms with van der Waals surface area (Å²) in [6.45, 7) is 0. The summed E-state index contributed by atoms with van der Waals surface area (Å²) in [7, 11) is 0. The van der Waals surface area contributed by atoms with E-state index >= 15 is 0 Å². The minimum atomic E-state index is 0.905. The molecule has 0 amide bonds. The first kappa shape index (κ1) is 27.7. The van der Waals surface area contributed by atoms with Crippen molar-refractivity contribution in [3.8, 4) is 44.5 Å². The fraction of sp³-hybridized carbons (Fsp3) is 0. The molecule has 10 rings (SSSR count). The maximum Gasteiger partial charge on any atom is 0.143 e. The SMILES string of the molecule is c1ccc(-c2c3ccccc3c(-c3cc(-c4cc(-c5ccccc5)c5oc6ccccc6c5c4)c4ccccc4c3)c3ccccc23)cc1. The Hall–Kier alpha value is -6.44. The number of fused-ring (bicyclic) bond motifs is 6. The molecule has 0 fully saturated rings. The van der Waals surface area contributed by atoms with Crippen LogP contribution in [0.4, 0.5) is 0 Å². The van der Waals surface area contributed by atoms with Gasteiger partial charge in [0.15, 0.2) is 0 Å². The van der Waals surface area contributed by atoms with Gasteiger partial charge < -0.3 is 4.42 Å². The highest BCUT2D eigenvalue weighted by Gasteiger charge is 2.20. The van der Waals surface area contributed by atoms with E-state index in [4.69, 9.17) is 4.42 Å². The van der Waals surface area contributed by atoms with Gasteiger partial charge in [0.1, 0.15) is 11.2 Å². The van der Waals surface area contributed by atoms with Crippen LogP contribution in [0, 0.1) is 0 Å². The van der Waals surface area contributed by atoms with Crippen LogP contribution in [0.1, 0.15) is 0 Å². The molecule has 9 aromatic carbocycles. The second-order valence-electron chi connectivity index (χ2n) is 12.8. The molecular formula is C48H30O. The van der Waals surface area contributed by atoms with E-state index < -0.39 is 0 Å². The van der Waals surface area contributed by atoms with Crippen molar-refractivity contribution in [3.05, 3.63) is 182 Å². The van der Waals surface area contributed by atoms with Crippen LogP contribution in [0.2, 0.25) is 0 Å². The zero-order valence-electron chi connectivity index (χ0n) is 26.7. The molecule has 0 saturated heterocycles. The van der Waals surface area contributed by atoms with Gasteiger partial charge in [-0.15, -0.1) is 0 Å². The molecule has 1 aromatic heterocycles. The molecule has 1 nitrogen and oxygen atoms in total. The van der Waals surface area contributed by atoms with Gasteiger partial charge in [0.2, 0.25) is 0 Å². The first-order chi connectivity index (χ1) is 24.3. The smallest absolute Gasteiger partial charge is 0.143 e. The molecule has 49 heavy (non-hydrogen) atoms. The van der Waals surface area contributed by atoms with Gasteiger partial charge in [-0.25, -0.2) is 0 Å². The van der Waals surface area contributed by atoms with Gasteiger partial charge in [0, 0.05) is 16.3 Å². The third-order valence-corrected chi connectivity index (χ3v) is 10.0. The quantitative estimate of drug-likeness (QED) is 0.178. The summed E-state index contributed by atoms with van der Waals surface area (Å²) < 4.78 is 6.55. The fourth-order valence-electron chi connectivity index (χ4n) is 7.86. The Morgan fingerprint density at radius 2 is 0.776 bits per heavy atom. The van der Waals surface area contributed by atoms with E-state index in [1.165, 1.54) is 65.7 Å². The normalized spacial score (nSPS) is 11.7. The first-order valence-corrected chi connectivity index (χ1v) is 16.8. The Balaban J connectivity index is 1.31. The third kappa shape index (κ3) is 4.40. The standard InChI is InChI=1S/C48H30O/c1-3-15-31(16-4-1)43-28-34(29-44-37-21-13-14-26-45(37)49-48(43)44)42-30-35(27-33-19-7-8-20-36(33)42)47-40-24-11-9-22-38(40)46(32-17-5-2-6-18-32)39-23-10-12-25-41(39)47/h1-30H. The lowest BCUT2D eigenvalue weighted by molar-refractivity contribution is 0.670. The predicted molar refractivity (Wildman–Crippen MR) is 208 cm³/mol. The Labute approximate surface area is 284 Å². The van der Waals surface area contributed by atoms with Gasteiger partial charge in [-0.05, 0) is 102 Å². The summed E-state index contributed by atoms with van der Waals surface area (Å²) in [5.41, 5.74) is 11.4. The monoisotopic (exact) mass is 622 g/mol. The molecule has 0 spiro atoms. The molecule has 0 aliphatic heterocycles.